The molecule has 0 unspecified atom stereocenters. The first-order valence-corrected chi connectivity index (χ1v) is 9.09. The van der Waals surface area contributed by atoms with E-state index in [1.807, 2.05) is 46.3 Å². The lowest BCUT2D eigenvalue weighted by atomic mass is 10.2. The van der Waals surface area contributed by atoms with Gasteiger partial charge < -0.3 is 9.64 Å². The van der Waals surface area contributed by atoms with Gasteiger partial charge >= 0.3 is 0 Å². The summed E-state index contributed by atoms with van der Waals surface area (Å²) in [6.07, 6.45) is 1.98. The summed E-state index contributed by atoms with van der Waals surface area (Å²) in [5.74, 6) is 0.784. The predicted octanol–water partition coefficient (Wildman–Crippen LogP) is 3.89. The third kappa shape index (κ3) is 2.46. The molecule has 0 radical (unpaired) electrons. The molecule has 5 nitrogen and oxygen atoms in total. The van der Waals surface area contributed by atoms with Crippen LogP contribution >= 0.6 is 22.7 Å². The number of hydrogen-bond acceptors (Lipinski definition) is 5. The summed E-state index contributed by atoms with van der Waals surface area (Å²) in [5.41, 5.74) is 1.98. The van der Waals surface area contributed by atoms with Gasteiger partial charge in [-0.3, -0.25) is 9.20 Å². The topological polar surface area (TPSA) is 46.8 Å². The van der Waals surface area contributed by atoms with Gasteiger partial charge in [0.25, 0.3) is 5.91 Å². The van der Waals surface area contributed by atoms with E-state index in [1.54, 1.807) is 30.4 Å². The van der Waals surface area contributed by atoms with Gasteiger partial charge in [-0.2, -0.15) is 0 Å². The van der Waals surface area contributed by atoms with Crippen molar-refractivity contribution >= 4 is 43.9 Å². The van der Waals surface area contributed by atoms with E-state index in [-0.39, 0.29) is 5.91 Å². The molecule has 0 bridgehead atoms. The molecule has 4 aromatic rings. The monoisotopic (exact) mass is 357 g/mol. The average molecular weight is 357 g/mol. The SMILES string of the molecule is COc1ccccc1CN(C)C(=O)c1cc2c(nc3sccn32)s1. The van der Waals surface area contributed by atoms with Gasteiger partial charge in [-0.15, -0.1) is 22.7 Å². The van der Waals surface area contributed by atoms with E-state index in [4.69, 9.17) is 4.74 Å². The van der Waals surface area contributed by atoms with Crippen LogP contribution in [0.3, 0.4) is 0 Å². The van der Waals surface area contributed by atoms with Crippen LogP contribution in [0.25, 0.3) is 15.3 Å². The standard InChI is InChI=1S/C17H15N3O2S2/c1-19(10-11-5-3-4-6-13(11)22-2)16(21)14-9-12-15(24-14)18-17-20(12)7-8-23-17/h3-9H,10H2,1-2H3. The van der Waals surface area contributed by atoms with E-state index in [2.05, 4.69) is 4.98 Å². The van der Waals surface area contributed by atoms with Gasteiger partial charge in [0.05, 0.1) is 17.5 Å². The smallest absolute Gasteiger partial charge is 0.264 e. The first-order valence-electron chi connectivity index (χ1n) is 7.40. The minimum absolute atomic E-state index is 0.00659. The molecule has 0 aliphatic rings. The number of methoxy groups -OCH3 is 1. The summed E-state index contributed by atoms with van der Waals surface area (Å²) in [6, 6.07) is 9.67. The van der Waals surface area contributed by atoms with E-state index in [9.17, 15) is 4.79 Å². The number of benzene rings is 1. The number of imidazole rings is 1. The number of carbonyl (C=O) groups is 1. The summed E-state index contributed by atoms with van der Waals surface area (Å²) in [7, 11) is 3.45. The van der Waals surface area contributed by atoms with Crippen LogP contribution in [0.1, 0.15) is 15.2 Å². The molecular weight excluding hydrogens is 342 g/mol. The Morgan fingerprint density at radius 1 is 1.38 bits per heavy atom. The molecule has 122 valence electrons. The van der Waals surface area contributed by atoms with Gasteiger partial charge in [-0.05, 0) is 12.1 Å². The number of rotatable bonds is 4. The maximum atomic E-state index is 12.8. The second-order valence-electron chi connectivity index (χ2n) is 5.44. The molecule has 0 fully saturated rings. The average Bonchev–Trinajstić information content (AvgIpc) is 3.26. The van der Waals surface area contributed by atoms with Crippen molar-refractivity contribution in [3.8, 4) is 5.75 Å². The van der Waals surface area contributed by atoms with Crippen molar-refractivity contribution in [2.24, 2.45) is 0 Å². The zero-order chi connectivity index (χ0) is 16.7. The summed E-state index contributed by atoms with van der Waals surface area (Å²) in [4.78, 5) is 21.6. The molecule has 4 rings (SSSR count). The van der Waals surface area contributed by atoms with E-state index < -0.39 is 0 Å². The van der Waals surface area contributed by atoms with Crippen LogP contribution in [0.5, 0.6) is 5.75 Å². The normalized spacial score (nSPS) is 11.2. The number of nitrogens with zero attached hydrogens (tertiary/aromatic N) is 3. The molecule has 0 aliphatic carbocycles. The van der Waals surface area contributed by atoms with Crippen molar-refractivity contribution < 1.29 is 9.53 Å². The lowest BCUT2D eigenvalue weighted by Gasteiger charge is -2.18. The molecule has 0 saturated carbocycles. The summed E-state index contributed by atoms with van der Waals surface area (Å²) >= 11 is 3.03. The minimum atomic E-state index is -0.00659. The Bertz CT molecular complexity index is 1030. The van der Waals surface area contributed by atoms with E-state index in [1.165, 1.54) is 11.3 Å². The molecule has 3 heterocycles. The number of ether oxygens (including phenoxy) is 1. The molecule has 7 heteroatoms. The van der Waals surface area contributed by atoms with Crippen LogP contribution in [0.4, 0.5) is 0 Å². The lowest BCUT2D eigenvalue weighted by Crippen LogP contribution is -2.25. The lowest BCUT2D eigenvalue weighted by molar-refractivity contribution is 0.0789. The molecule has 3 aromatic heterocycles. The first kappa shape index (κ1) is 15.2. The van der Waals surface area contributed by atoms with Crippen LogP contribution < -0.4 is 4.74 Å². The number of thiazole rings is 1. The van der Waals surface area contributed by atoms with Gasteiger partial charge in [-0.1, -0.05) is 18.2 Å². The fourth-order valence-corrected chi connectivity index (χ4v) is 4.50. The van der Waals surface area contributed by atoms with Crippen LogP contribution in [-0.2, 0) is 6.54 Å². The minimum Gasteiger partial charge on any atom is -0.496 e. The summed E-state index contributed by atoms with van der Waals surface area (Å²) in [5, 5.41) is 1.99. The highest BCUT2D eigenvalue weighted by molar-refractivity contribution is 7.21. The van der Waals surface area contributed by atoms with E-state index in [0.717, 1.165) is 26.6 Å². The number of carbonyl (C=O) groups excluding carboxylic acids is 1. The second-order valence-corrected chi connectivity index (χ2v) is 7.35. The predicted molar refractivity (Wildman–Crippen MR) is 97.2 cm³/mol. The zero-order valence-corrected chi connectivity index (χ0v) is 14.9. The highest BCUT2D eigenvalue weighted by Crippen LogP contribution is 2.29. The fraction of sp³-hybridized carbons (Fsp3) is 0.176. The molecule has 0 N–H and O–H groups in total. The highest BCUT2D eigenvalue weighted by atomic mass is 32.1. The Hall–Kier alpha value is -2.38. The number of aromatic nitrogens is 2. The number of para-hydroxylation sites is 1. The van der Waals surface area contributed by atoms with Gasteiger partial charge in [0.15, 0.2) is 4.96 Å². The second kappa shape index (κ2) is 5.92. The summed E-state index contributed by atoms with van der Waals surface area (Å²) < 4.78 is 7.38. The van der Waals surface area contributed by atoms with Crippen LogP contribution in [0.15, 0.2) is 41.9 Å². The van der Waals surface area contributed by atoms with Crippen molar-refractivity contribution in [1.82, 2.24) is 14.3 Å². The molecule has 0 atom stereocenters. The van der Waals surface area contributed by atoms with Crippen molar-refractivity contribution in [2.45, 2.75) is 6.54 Å². The number of amides is 1. The Morgan fingerprint density at radius 2 is 2.21 bits per heavy atom. The Morgan fingerprint density at radius 3 is 3.04 bits per heavy atom. The van der Waals surface area contributed by atoms with Gasteiger partial charge in [0.2, 0.25) is 0 Å². The van der Waals surface area contributed by atoms with Crippen molar-refractivity contribution in [3.63, 3.8) is 0 Å². The number of hydrogen-bond donors (Lipinski definition) is 0. The maximum Gasteiger partial charge on any atom is 0.264 e. The molecule has 0 saturated heterocycles. The van der Waals surface area contributed by atoms with Gasteiger partial charge in [0.1, 0.15) is 10.6 Å². The molecule has 24 heavy (non-hydrogen) atoms. The van der Waals surface area contributed by atoms with Crippen molar-refractivity contribution in [1.29, 1.82) is 0 Å². The fourth-order valence-electron chi connectivity index (χ4n) is 2.70. The van der Waals surface area contributed by atoms with Crippen molar-refractivity contribution in [2.75, 3.05) is 14.2 Å². The molecular formula is C17H15N3O2S2. The van der Waals surface area contributed by atoms with Gasteiger partial charge in [0, 0.05) is 30.7 Å². The third-order valence-corrected chi connectivity index (χ3v) is 5.66. The quantitative estimate of drug-likeness (QED) is 0.557. The van der Waals surface area contributed by atoms with Crippen molar-refractivity contribution in [3.05, 3.63) is 52.3 Å². The van der Waals surface area contributed by atoms with E-state index in [0.29, 0.717) is 11.4 Å². The van der Waals surface area contributed by atoms with E-state index >= 15 is 0 Å². The first-order chi connectivity index (χ1) is 11.7. The number of thiophene rings is 1. The Kier molecular flexibility index (Phi) is 3.74. The Balaban J connectivity index is 1.61. The van der Waals surface area contributed by atoms with Crippen LogP contribution in [0.2, 0.25) is 0 Å². The molecule has 0 spiro atoms. The third-order valence-electron chi connectivity index (χ3n) is 3.90. The highest BCUT2D eigenvalue weighted by Gasteiger charge is 2.19. The zero-order valence-electron chi connectivity index (χ0n) is 13.2. The van der Waals surface area contributed by atoms with Crippen LogP contribution in [-0.4, -0.2) is 34.3 Å². The molecule has 1 amide bonds. The molecule has 1 aromatic carbocycles. The number of fused-ring (bicyclic) bond motifs is 3. The van der Waals surface area contributed by atoms with Crippen LogP contribution in [0, 0.1) is 0 Å². The largest absolute Gasteiger partial charge is 0.496 e. The maximum absolute atomic E-state index is 12.8. The molecule has 0 aliphatic heterocycles. The van der Waals surface area contributed by atoms with Gasteiger partial charge in [-0.25, -0.2) is 4.98 Å². The Labute approximate surface area is 146 Å². The summed E-state index contributed by atoms with van der Waals surface area (Å²) in [6.45, 7) is 0.499.